The number of anilines is 1. The lowest BCUT2D eigenvalue weighted by Crippen LogP contribution is -2.33. The smallest absolute Gasteiger partial charge is 0.337 e. The Labute approximate surface area is 232 Å². The summed E-state index contributed by atoms with van der Waals surface area (Å²) in [5.41, 5.74) is 4.90. The molecule has 2 N–H and O–H groups in total. The average molecular weight is 540 g/mol. The van der Waals surface area contributed by atoms with Crippen molar-refractivity contribution in [3.8, 4) is 5.69 Å². The summed E-state index contributed by atoms with van der Waals surface area (Å²) in [6.07, 6.45) is 3.96. The number of aryl methyl sites for hydroxylation is 1. The van der Waals surface area contributed by atoms with Crippen molar-refractivity contribution in [3.63, 3.8) is 0 Å². The van der Waals surface area contributed by atoms with Crippen LogP contribution in [0.15, 0.2) is 91.3 Å². The molecule has 1 fully saturated rings. The van der Waals surface area contributed by atoms with Crippen LogP contribution in [0.2, 0.25) is 0 Å². The fraction of sp³-hybridized carbons (Fsp3) is 0.200. The number of nitrogens with one attached hydrogen (secondary N) is 2. The maximum atomic E-state index is 12.9. The van der Waals surface area contributed by atoms with Crippen LogP contribution in [0.1, 0.15) is 45.8 Å². The van der Waals surface area contributed by atoms with Crippen molar-refractivity contribution in [3.05, 3.63) is 114 Å². The zero-order valence-corrected chi connectivity index (χ0v) is 22.5. The van der Waals surface area contributed by atoms with Crippen LogP contribution in [0.25, 0.3) is 5.69 Å². The first-order chi connectivity index (χ1) is 18.9. The van der Waals surface area contributed by atoms with Gasteiger partial charge in [0.05, 0.1) is 30.5 Å². The quantitative estimate of drug-likeness (QED) is 0.241. The third-order valence-corrected chi connectivity index (χ3v) is 7.06. The first kappa shape index (κ1) is 26.1. The van der Waals surface area contributed by atoms with Gasteiger partial charge >= 0.3 is 5.97 Å². The highest BCUT2D eigenvalue weighted by Gasteiger charge is 2.41. The van der Waals surface area contributed by atoms with Crippen molar-refractivity contribution in [2.75, 3.05) is 19.0 Å². The highest BCUT2D eigenvalue weighted by atomic mass is 32.1. The molecule has 0 aliphatic carbocycles. The molecule has 1 aliphatic heterocycles. The molecule has 2 unspecified atom stereocenters. The van der Waals surface area contributed by atoms with Crippen LogP contribution >= 0.6 is 12.2 Å². The number of rotatable bonds is 8. The van der Waals surface area contributed by atoms with Crippen molar-refractivity contribution in [2.45, 2.75) is 25.4 Å². The Balaban J connectivity index is 1.46. The van der Waals surface area contributed by atoms with Crippen molar-refractivity contribution in [1.82, 2.24) is 19.8 Å². The lowest BCUT2D eigenvalue weighted by Gasteiger charge is -2.29. The van der Waals surface area contributed by atoms with E-state index in [9.17, 15) is 9.59 Å². The van der Waals surface area contributed by atoms with Crippen molar-refractivity contribution in [1.29, 1.82) is 0 Å². The fourth-order valence-electron chi connectivity index (χ4n) is 4.91. The number of aromatic nitrogens is 2. The minimum atomic E-state index is -0.401. The minimum absolute atomic E-state index is 0.0930. The molecule has 0 radical (unpaired) electrons. The molecule has 2 aromatic carbocycles. The second-order valence-corrected chi connectivity index (χ2v) is 9.72. The van der Waals surface area contributed by atoms with Crippen LogP contribution in [-0.4, -0.2) is 45.1 Å². The number of nitrogens with zero attached hydrogens (tertiary/aromatic N) is 3. The van der Waals surface area contributed by atoms with E-state index < -0.39 is 5.97 Å². The van der Waals surface area contributed by atoms with E-state index in [1.54, 1.807) is 18.3 Å². The van der Waals surface area contributed by atoms with E-state index in [1.165, 1.54) is 7.11 Å². The number of pyridine rings is 1. The van der Waals surface area contributed by atoms with E-state index in [0.717, 1.165) is 28.3 Å². The number of amides is 1. The normalized spacial score (nSPS) is 16.6. The Morgan fingerprint density at radius 2 is 1.90 bits per heavy atom. The van der Waals surface area contributed by atoms with Crippen molar-refractivity contribution >= 4 is 34.9 Å². The molecular formula is C30H29N5O3S. The predicted molar refractivity (Wildman–Crippen MR) is 154 cm³/mol. The molecule has 1 aliphatic rings. The van der Waals surface area contributed by atoms with Crippen LogP contribution < -0.4 is 10.6 Å². The molecule has 198 valence electrons. The molecule has 1 saturated heterocycles. The topological polar surface area (TPSA) is 88.5 Å². The number of ether oxygens (including phenoxy) is 1. The summed E-state index contributed by atoms with van der Waals surface area (Å²) < 4.78 is 6.95. The molecule has 5 rings (SSSR count). The molecule has 39 heavy (non-hydrogen) atoms. The third kappa shape index (κ3) is 5.68. The minimum Gasteiger partial charge on any atom is -0.465 e. The number of carbonyl (C=O) groups excluding carboxylic acids is 2. The Bertz CT molecular complexity index is 1500. The Morgan fingerprint density at radius 3 is 2.67 bits per heavy atom. The van der Waals surface area contributed by atoms with Crippen LogP contribution in [0, 0.1) is 6.92 Å². The molecule has 9 heteroatoms. The third-order valence-electron chi connectivity index (χ3n) is 6.71. The number of hydrogen-bond donors (Lipinski definition) is 2. The number of methoxy groups -OCH3 is 1. The molecule has 0 spiro atoms. The number of hydrogen-bond acceptors (Lipinski definition) is 5. The standard InChI is InChI=1S/C30H29N5O3S/c1-20-8-5-10-22(18-20)32-26(36)14-17-35-28(27(33-30(35)39)24-12-3-4-15-31-24)25-13-7-16-34(25)23-11-6-9-21(19-23)29(37)38-2/h3-13,15-16,18-19,27-28H,14,17H2,1-2H3,(H,32,36)(H,33,39). The summed E-state index contributed by atoms with van der Waals surface area (Å²) in [7, 11) is 1.37. The maximum absolute atomic E-state index is 12.9. The monoisotopic (exact) mass is 539 g/mol. The zero-order chi connectivity index (χ0) is 27.4. The molecule has 8 nitrogen and oxygen atoms in total. The first-order valence-electron chi connectivity index (χ1n) is 12.6. The lowest BCUT2D eigenvalue weighted by atomic mass is 10.0. The Hall–Kier alpha value is -4.50. The number of esters is 1. The van der Waals surface area contributed by atoms with Gasteiger partial charge in [-0.05, 0) is 79.3 Å². The summed E-state index contributed by atoms with van der Waals surface area (Å²) >= 11 is 5.78. The highest BCUT2D eigenvalue weighted by molar-refractivity contribution is 7.80. The number of thiocarbonyl (C=S) groups is 1. The largest absolute Gasteiger partial charge is 0.465 e. The van der Waals surface area contributed by atoms with Crippen LogP contribution in [0.5, 0.6) is 0 Å². The van der Waals surface area contributed by atoms with Gasteiger partial charge in [-0.15, -0.1) is 0 Å². The first-order valence-corrected chi connectivity index (χ1v) is 13.1. The van der Waals surface area contributed by atoms with Crippen LogP contribution in [0.4, 0.5) is 5.69 Å². The van der Waals surface area contributed by atoms with E-state index in [4.69, 9.17) is 17.0 Å². The van der Waals surface area contributed by atoms with Gasteiger partial charge in [0.2, 0.25) is 5.91 Å². The van der Waals surface area contributed by atoms with Crippen molar-refractivity contribution < 1.29 is 14.3 Å². The van der Waals surface area contributed by atoms with E-state index in [1.807, 2.05) is 89.3 Å². The van der Waals surface area contributed by atoms with E-state index in [0.29, 0.717) is 17.2 Å². The van der Waals surface area contributed by atoms with Gasteiger partial charge < -0.3 is 24.8 Å². The van der Waals surface area contributed by atoms with Gasteiger partial charge in [0.15, 0.2) is 5.11 Å². The van der Waals surface area contributed by atoms with E-state index in [2.05, 4.69) is 15.6 Å². The molecule has 0 bridgehead atoms. The molecule has 2 atom stereocenters. The van der Waals surface area contributed by atoms with Gasteiger partial charge in [-0.25, -0.2) is 4.79 Å². The summed E-state index contributed by atoms with van der Waals surface area (Å²) in [4.78, 5) is 31.7. The van der Waals surface area contributed by atoms with E-state index >= 15 is 0 Å². The van der Waals surface area contributed by atoms with Crippen LogP contribution in [0.3, 0.4) is 0 Å². The van der Waals surface area contributed by atoms with Crippen LogP contribution in [-0.2, 0) is 9.53 Å². The maximum Gasteiger partial charge on any atom is 0.337 e. The lowest BCUT2D eigenvalue weighted by molar-refractivity contribution is -0.116. The molecule has 1 amide bonds. The number of carbonyl (C=O) groups is 2. The summed E-state index contributed by atoms with van der Waals surface area (Å²) in [5, 5.41) is 6.97. The second kappa shape index (κ2) is 11.5. The van der Waals surface area contributed by atoms with Gasteiger partial charge in [0.1, 0.15) is 0 Å². The predicted octanol–water partition coefficient (Wildman–Crippen LogP) is 4.97. The SMILES string of the molecule is COC(=O)c1cccc(-n2cccc2C2C(c3ccccn3)NC(=S)N2CCC(=O)Nc2cccc(C)c2)c1. The average Bonchev–Trinajstić information content (AvgIpc) is 3.56. The second-order valence-electron chi connectivity index (χ2n) is 9.33. The summed E-state index contributed by atoms with van der Waals surface area (Å²) in [6, 6.07) is 24.3. The Morgan fingerprint density at radius 1 is 1.05 bits per heavy atom. The van der Waals surface area contributed by atoms with Gasteiger partial charge in [-0.1, -0.05) is 24.3 Å². The summed E-state index contributed by atoms with van der Waals surface area (Å²) in [5.74, 6) is -0.494. The molecule has 2 aromatic heterocycles. The van der Waals surface area contributed by atoms with Gasteiger partial charge in [0.25, 0.3) is 0 Å². The van der Waals surface area contributed by atoms with E-state index in [-0.39, 0.29) is 24.4 Å². The summed E-state index contributed by atoms with van der Waals surface area (Å²) in [6.45, 7) is 2.40. The molecule has 3 heterocycles. The molecule has 0 saturated carbocycles. The number of benzene rings is 2. The Kier molecular flexibility index (Phi) is 7.69. The zero-order valence-electron chi connectivity index (χ0n) is 21.7. The van der Waals surface area contributed by atoms with Gasteiger partial charge in [-0.2, -0.15) is 0 Å². The fourth-order valence-corrected chi connectivity index (χ4v) is 5.24. The van der Waals surface area contributed by atoms with Gasteiger partial charge in [-0.3, -0.25) is 9.78 Å². The molecule has 4 aromatic rings. The molecular weight excluding hydrogens is 510 g/mol. The van der Waals surface area contributed by atoms with Gasteiger partial charge in [0, 0.05) is 42.4 Å². The highest BCUT2D eigenvalue weighted by Crippen LogP contribution is 2.39. The van der Waals surface area contributed by atoms with Crippen molar-refractivity contribution in [2.24, 2.45) is 0 Å².